The van der Waals surface area contributed by atoms with E-state index in [1.165, 1.54) is 16.6 Å². The Labute approximate surface area is 136 Å². The fraction of sp³-hybridized carbons (Fsp3) is 0.529. The molecule has 1 aromatic heterocycles. The lowest BCUT2D eigenvalue weighted by Crippen LogP contribution is -2.42. The van der Waals surface area contributed by atoms with Gasteiger partial charge in [-0.15, -0.1) is 0 Å². The van der Waals surface area contributed by atoms with E-state index >= 15 is 0 Å². The molecule has 22 heavy (non-hydrogen) atoms. The van der Waals surface area contributed by atoms with Gasteiger partial charge < -0.3 is 14.4 Å². The molecule has 1 aliphatic heterocycles. The third kappa shape index (κ3) is 3.01. The molecule has 0 radical (unpaired) electrons. The van der Waals surface area contributed by atoms with Crippen LogP contribution in [0.3, 0.4) is 0 Å². The van der Waals surface area contributed by atoms with E-state index in [1.54, 1.807) is 0 Å². The fourth-order valence-electron chi connectivity index (χ4n) is 3.24. The Bertz CT molecular complexity index is 662. The minimum absolute atomic E-state index is 0.414. The van der Waals surface area contributed by atoms with Crippen LogP contribution in [-0.2, 0) is 11.3 Å². The highest BCUT2D eigenvalue weighted by Gasteiger charge is 2.19. The number of fused-ring (bicyclic) bond motifs is 1. The number of hydrogen-bond donors (Lipinski definition) is 1. The van der Waals surface area contributed by atoms with Crippen molar-refractivity contribution in [3.63, 3.8) is 0 Å². The molecule has 3 rings (SSSR count). The molecule has 0 bridgehead atoms. The molecule has 0 unspecified atom stereocenters. The maximum absolute atomic E-state index is 10.5. The first-order valence-corrected chi connectivity index (χ1v) is 8.18. The Morgan fingerprint density at radius 3 is 2.68 bits per heavy atom. The lowest BCUT2D eigenvalue weighted by atomic mass is 10.2. The van der Waals surface area contributed by atoms with Gasteiger partial charge in [-0.25, -0.2) is 0 Å². The smallest absolute Gasteiger partial charge is 0.0845 e. The van der Waals surface area contributed by atoms with E-state index in [2.05, 4.69) is 29.4 Å². The van der Waals surface area contributed by atoms with Crippen LogP contribution in [-0.4, -0.2) is 53.5 Å². The second-order valence-electron chi connectivity index (χ2n) is 6.02. The van der Waals surface area contributed by atoms with E-state index in [9.17, 15) is 5.11 Å². The number of aliphatic hydroxyl groups excluding tert-OH is 1. The quantitative estimate of drug-likeness (QED) is 0.940. The number of aromatic nitrogens is 1. The number of nitrogens with zero attached hydrogens (tertiary/aromatic N) is 2. The minimum atomic E-state index is -0.414. The van der Waals surface area contributed by atoms with Crippen molar-refractivity contribution < 1.29 is 9.84 Å². The van der Waals surface area contributed by atoms with Gasteiger partial charge in [-0.05, 0) is 25.5 Å². The number of morpholine rings is 1. The molecule has 120 valence electrons. The molecule has 0 amide bonds. The summed E-state index contributed by atoms with van der Waals surface area (Å²) in [5.41, 5.74) is 3.43. The molecule has 0 aliphatic carbocycles. The SMILES string of the molecule is Cc1c(C)n(C[C@H](O)CN2CCOCC2)c2c(Cl)cccc12. The Morgan fingerprint density at radius 2 is 1.95 bits per heavy atom. The van der Waals surface area contributed by atoms with Gasteiger partial charge in [0, 0.05) is 30.7 Å². The predicted octanol–water partition coefficient (Wildman–Crippen LogP) is 2.60. The van der Waals surface area contributed by atoms with Crippen LogP contribution < -0.4 is 0 Å². The van der Waals surface area contributed by atoms with Gasteiger partial charge in [0.1, 0.15) is 0 Å². The number of aliphatic hydroxyl groups is 1. The van der Waals surface area contributed by atoms with Crippen molar-refractivity contribution >= 4 is 22.5 Å². The van der Waals surface area contributed by atoms with Crippen LogP contribution in [0.1, 0.15) is 11.3 Å². The molecule has 1 atom stereocenters. The van der Waals surface area contributed by atoms with Crippen LogP contribution in [0.15, 0.2) is 18.2 Å². The number of benzene rings is 1. The summed E-state index contributed by atoms with van der Waals surface area (Å²) in [6.45, 7) is 8.73. The number of hydrogen-bond acceptors (Lipinski definition) is 3. The average molecular weight is 323 g/mol. The summed E-state index contributed by atoms with van der Waals surface area (Å²) in [7, 11) is 0. The van der Waals surface area contributed by atoms with Crippen LogP contribution in [0.2, 0.25) is 5.02 Å². The number of rotatable bonds is 4. The zero-order valence-corrected chi connectivity index (χ0v) is 13.9. The van der Waals surface area contributed by atoms with Gasteiger partial charge in [-0.2, -0.15) is 0 Å². The third-order valence-electron chi connectivity index (χ3n) is 4.57. The molecular weight excluding hydrogens is 300 g/mol. The van der Waals surface area contributed by atoms with Gasteiger partial charge in [0.25, 0.3) is 0 Å². The van der Waals surface area contributed by atoms with E-state index < -0.39 is 6.10 Å². The number of ether oxygens (including phenoxy) is 1. The normalized spacial score (nSPS) is 18.0. The van der Waals surface area contributed by atoms with Crippen molar-refractivity contribution in [1.29, 1.82) is 0 Å². The van der Waals surface area contributed by atoms with Gasteiger partial charge in [0.05, 0.1) is 36.4 Å². The summed E-state index contributed by atoms with van der Waals surface area (Å²) in [4.78, 5) is 2.25. The summed E-state index contributed by atoms with van der Waals surface area (Å²) < 4.78 is 7.50. The van der Waals surface area contributed by atoms with E-state index in [0.717, 1.165) is 36.8 Å². The zero-order chi connectivity index (χ0) is 15.7. The Morgan fingerprint density at radius 1 is 1.23 bits per heavy atom. The molecule has 5 heteroatoms. The molecule has 1 fully saturated rings. The van der Waals surface area contributed by atoms with E-state index in [-0.39, 0.29) is 0 Å². The van der Waals surface area contributed by atoms with Crippen LogP contribution in [0.5, 0.6) is 0 Å². The summed E-state index contributed by atoms with van der Waals surface area (Å²) in [5, 5.41) is 12.4. The van der Waals surface area contributed by atoms with Crippen molar-refractivity contribution in [3.05, 3.63) is 34.5 Å². The van der Waals surface area contributed by atoms with Crippen molar-refractivity contribution in [1.82, 2.24) is 9.47 Å². The van der Waals surface area contributed by atoms with Crippen LogP contribution >= 0.6 is 11.6 Å². The van der Waals surface area contributed by atoms with Crippen molar-refractivity contribution in [2.24, 2.45) is 0 Å². The molecule has 2 aromatic rings. The fourth-order valence-corrected chi connectivity index (χ4v) is 3.51. The van der Waals surface area contributed by atoms with Crippen LogP contribution in [0.4, 0.5) is 0 Å². The van der Waals surface area contributed by atoms with Crippen molar-refractivity contribution in [2.45, 2.75) is 26.5 Å². The molecule has 1 aliphatic rings. The number of halogens is 1. The molecular formula is C17H23ClN2O2. The topological polar surface area (TPSA) is 37.6 Å². The van der Waals surface area contributed by atoms with Crippen LogP contribution in [0, 0.1) is 13.8 Å². The summed E-state index contributed by atoms with van der Waals surface area (Å²) in [6, 6.07) is 5.98. The summed E-state index contributed by atoms with van der Waals surface area (Å²) in [6.07, 6.45) is -0.414. The molecule has 1 saturated heterocycles. The first-order valence-electron chi connectivity index (χ1n) is 7.80. The van der Waals surface area contributed by atoms with Gasteiger partial charge in [-0.3, -0.25) is 4.90 Å². The Hall–Kier alpha value is -1.07. The second kappa shape index (κ2) is 6.59. The van der Waals surface area contributed by atoms with Gasteiger partial charge in [-0.1, -0.05) is 23.7 Å². The van der Waals surface area contributed by atoms with E-state index in [0.29, 0.717) is 13.1 Å². The maximum Gasteiger partial charge on any atom is 0.0845 e. The number of aryl methyl sites for hydroxylation is 1. The maximum atomic E-state index is 10.5. The van der Waals surface area contributed by atoms with Gasteiger partial charge in [0.15, 0.2) is 0 Å². The van der Waals surface area contributed by atoms with Crippen LogP contribution in [0.25, 0.3) is 10.9 Å². The Kier molecular flexibility index (Phi) is 4.73. The predicted molar refractivity (Wildman–Crippen MR) is 89.7 cm³/mol. The van der Waals surface area contributed by atoms with E-state index in [4.69, 9.17) is 16.3 Å². The molecule has 0 saturated carbocycles. The van der Waals surface area contributed by atoms with Crippen molar-refractivity contribution in [2.75, 3.05) is 32.8 Å². The highest BCUT2D eigenvalue weighted by molar-refractivity contribution is 6.35. The monoisotopic (exact) mass is 322 g/mol. The second-order valence-corrected chi connectivity index (χ2v) is 6.43. The first-order chi connectivity index (χ1) is 10.6. The highest BCUT2D eigenvalue weighted by atomic mass is 35.5. The standard InChI is InChI=1S/C17H23ClN2O2/c1-12-13(2)20(17-15(12)4-3-5-16(17)18)11-14(21)10-19-6-8-22-9-7-19/h3-5,14,21H,6-11H2,1-2H3/t14-/m1/s1. The summed E-state index contributed by atoms with van der Waals surface area (Å²) >= 11 is 6.39. The van der Waals surface area contributed by atoms with Gasteiger partial charge in [0.2, 0.25) is 0 Å². The molecule has 0 spiro atoms. The third-order valence-corrected chi connectivity index (χ3v) is 4.88. The van der Waals surface area contributed by atoms with Gasteiger partial charge >= 0.3 is 0 Å². The Balaban J connectivity index is 1.82. The summed E-state index contributed by atoms with van der Waals surface area (Å²) in [5.74, 6) is 0. The largest absolute Gasteiger partial charge is 0.390 e. The van der Waals surface area contributed by atoms with Crippen molar-refractivity contribution in [3.8, 4) is 0 Å². The molecule has 2 heterocycles. The average Bonchev–Trinajstić information content (AvgIpc) is 2.75. The number of para-hydroxylation sites is 1. The minimum Gasteiger partial charge on any atom is -0.390 e. The van der Waals surface area contributed by atoms with E-state index in [1.807, 2.05) is 12.1 Å². The first kappa shape index (κ1) is 15.8. The molecule has 1 N–H and O–H groups in total. The molecule has 4 nitrogen and oxygen atoms in total. The lowest BCUT2D eigenvalue weighted by molar-refractivity contribution is 0.0116. The lowest BCUT2D eigenvalue weighted by Gasteiger charge is -2.29. The highest BCUT2D eigenvalue weighted by Crippen LogP contribution is 2.30. The number of β-amino-alcohol motifs (C(OH)–C–C–N with tert-alkyl or cyclic N) is 1. The molecule has 1 aromatic carbocycles. The zero-order valence-electron chi connectivity index (χ0n) is 13.2.